The molecular weight excluding hydrogens is 274 g/mol. The first-order valence-corrected chi connectivity index (χ1v) is 8.63. The van der Waals surface area contributed by atoms with Crippen LogP contribution < -0.4 is 5.32 Å². The van der Waals surface area contributed by atoms with Gasteiger partial charge in [0, 0.05) is 25.0 Å². The van der Waals surface area contributed by atoms with Crippen LogP contribution in [0.25, 0.3) is 0 Å². The number of rotatable bonds is 2. The van der Waals surface area contributed by atoms with Crippen LogP contribution in [-0.4, -0.2) is 54.1 Å². The second-order valence-corrected chi connectivity index (χ2v) is 6.86. The van der Waals surface area contributed by atoms with E-state index in [2.05, 4.69) is 45.4 Å². The lowest BCUT2D eigenvalue weighted by molar-refractivity contribution is 0.00360. The lowest BCUT2D eigenvalue weighted by atomic mass is 9.75. The Balaban J connectivity index is 1.68. The van der Waals surface area contributed by atoms with Gasteiger partial charge in [-0.15, -0.1) is 0 Å². The zero-order chi connectivity index (χ0) is 15.1. The van der Waals surface area contributed by atoms with E-state index in [0.717, 1.165) is 6.54 Å². The molecule has 4 nitrogen and oxygen atoms in total. The summed E-state index contributed by atoms with van der Waals surface area (Å²) >= 11 is 0. The van der Waals surface area contributed by atoms with Crippen LogP contribution in [0.3, 0.4) is 0 Å². The van der Waals surface area contributed by atoms with E-state index in [-0.39, 0.29) is 6.03 Å². The summed E-state index contributed by atoms with van der Waals surface area (Å²) in [6.07, 6.45) is 2.50. The lowest BCUT2D eigenvalue weighted by Crippen LogP contribution is -2.61. The number of benzene rings is 1. The summed E-state index contributed by atoms with van der Waals surface area (Å²) in [4.78, 5) is 17.3. The Hall–Kier alpha value is -1.55. The maximum atomic E-state index is 12.5. The number of carbonyl (C=O) groups excluding carboxylic acids is 1. The third-order valence-corrected chi connectivity index (χ3v) is 5.81. The first-order chi connectivity index (χ1) is 10.8. The van der Waals surface area contributed by atoms with E-state index in [9.17, 15) is 4.79 Å². The second-order valence-electron chi connectivity index (χ2n) is 6.86. The molecule has 3 atom stereocenters. The molecule has 4 aliphatic heterocycles. The Morgan fingerprint density at radius 3 is 2.59 bits per heavy atom. The van der Waals surface area contributed by atoms with Crippen molar-refractivity contribution < 1.29 is 4.79 Å². The largest absolute Gasteiger partial charge is 0.338 e. The van der Waals surface area contributed by atoms with Crippen LogP contribution in [0.4, 0.5) is 4.79 Å². The number of nitrogens with one attached hydrogen (secondary N) is 1. The van der Waals surface area contributed by atoms with Gasteiger partial charge in [0.1, 0.15) is 0 Å². The molecular formula is C18H25N3O. The molecule has 2 amide bonds. The van der Waals surface area contributed by atoms with Gasteiger partial charge in [0.15, 0.2) is 0 Å². The molecule has 22 heavy (non-hydrogen) atoms. The first-order valence-electron chi connectivity index (χ1n) is 8.63. The molecule has 4 heteroatoms. The highest BCUT2D eigenvalue weighted by Crippen LogP contribution is 2.46. The molecule has 0 unspecified atom stereocenters. The number of amides is 2. The molecule has 0 aliphatic carbocycles. The maximum absolute atomic E-state index is 12.5. The van der Waals surface area contributed by atoms with Gasteiger partial charge in [-0.2, -0.15) is 0 Å². The van der Waals surface area contributed by atoms with Crippen LogP contribution in [0, 0.1) is 5.92 Å². The summed E-state index contributed by atoms with van der Waals surface area (Å²) in [7, 11) is 0. The lowest BCUT2D eigenvalue weighted by Gasteiger charge is -2.51. The normalized spacial score (nSPS) is 36.2. The van der Waals surface area contributed by atoms with E-state index in [0.29, 0.717) is 30.5 Å². The number of piperidine rings is 3. The van der Waals surface area contributed by atoms with Crippen molar-refractivity contribution in [1.29, 1.82) is 0 Å². The minimum absolute atomic E-state index is 0.129. The molecule has 4 aliphatic rings. The predicted octanol–water partition coefficient (Wildman–Crippen LogP) is 2.28. The Morgan fingerprint density at radius 1 is 1.18 bits per heavy atom. The number of likely N-dealkylation sites (tertiary alicyclic amines) is 1. The predicted molar refractivity (Wildman–Crippen MR) is 86.8 cm³/mol. The van der Waals surface area contributed by atoms with Crippen molar-refractivity contribution in [3.63, 3.8) is 0 Å². The van der Waals surface area contributed by atoms with E-state index < -0.39 is 0 Å². The second kappa shape index (κ2) is 5.58. The molecule has 4 saturated heterocycles. The summed E-state index contributed by atoms with van der Waals surface area (Å²) in [5.74, 6) is 1.14. The van der Waals surface area contributed by atoms with Gasteiger partial charge in [-0.05, 0) is 44.3 Å². The molecule has 4 fully saturated rings. The number of carbonyl (C=O) groups is 1. The topological polar surface area (TPSA) is 35.6 Å². The van der Waals surface area contributed by atoms with Crippen molar-refractivity contribution in [1.82, 2.24) is 15.1 Å². The van der Waals surface area contributed by atoms with Gasteiger partial charge in [0.05, 0.1) is 6.04 Å². The molecule has 4 heterocycles. The molecule has 0 saturated carbocycles. The highest BCUT2D eigenvalue weighted by Gasteiger charge is 2.54. The highest BCUT2D eigenvalue weighted by atomic mass is 16.2. The van der Waals surface area contributed by atoms with Gasteiger partial charge in [0.25, 0.3) is 0 Å². The van der Waals surface area contributed by atoms with Gasteiger partial charge in [-0.3, -0.25) is 4.90 Å². The quantitative estimate of drug-likeness (QED) is 0.909. The standard InChI is InChI=1S/C18H25N3O/c1-2-19-18(22)21-12-15(13-6-4-3-5-7-13)17-16(21)14-8-10-20(17)11-9-14/h3-7,14-17H,2,8-12H2,1H3,(H,19,22)/t15-,16+,17+/m0/s1. The van der Waals surface area contributed by atoms with Gasteiger partial charge < -0.3 is 10.2 Å². The molecule has 1 aromatic rings. The van der Waals surface area contributed by atoms with E-state index in [1.54, 1.807) is 0 Å². The molecule has 0 spiro atoms. The number of urea groups is 1. The summed E-state index contributed by atoms with van der Waals surface area (Å²) in [5.41, 5.74) is 1.39. The van der Waals surface area contributed by atoms with Gasteiger partial charge in [-0.25, -0.2) is 4.79 Å². The highest BCUT2D eigenvalue weighted by molar-refractivity contribution is 5.75. The third kappa shape index (κ3) is 2.12. The third-order valence-electron chi connectivity index (χ3n) is 5.81. The Labute approximate surface area is 132 Å². The van der Waals surface area contributed by atoms with Crippen molar-refractivity contribution in [3.8, 4) is 0 Å². The van der Waals surface area contributed by atoms with E-state index in [1.807, 2.05) is 6.92 Å². The molecule has 1 aromatic carbocycles. The number of nitrogens with zero attached hydrogens (tertiary/aromatic N) is 2. The average molecular weight is 299 g/mol. The minimum Gasteiger partial charge on any atom is -0.338 e. The van der Waals surface area contributed by atoms with E-state index in [1.165, 1.54) is 31.5 Å². The van der Waals surface area contributed by atoms with Crippen molar-refractivity contribution in [2.75, 3.05) is 26.2 Å². The van der Waals surface area contributed by atoms with Crippen LogP contribution in [0.1, 0.15) is 31.2 Å². The first kappa shape index (κ1) is 14.1. The minimum atomic E-state index is 0.129. The molecule has 0 radical (unpaired) electrons. The number of hydrogen-bond acceptors (Lipinski definition) is 2. The Bertz CT molecular complexity index is 539. The molecule has 1 N–H and O–H groups in total. The number of hydrogen-bond donors (Lipinski definition) is 1. The average Bonchev–Trinajstić information content (AvgIpc) is 3.00. The van der Waals surface area contributed by atoms with Crippen LogP contribution in [-0.2, 0) is 0 Å². The fourth-order valence-corrected chi connectivity index (χ4v) is 4.90. The monoisotopic (exact) mass is 299 g/mol. The molecule has 5 rings (SSSR count). The molecule has 0 aromatic heterocycles. The number of fused-ring (bicyclic) bond motifs is 2. The maximum Gasteiger partial charge on any atom is 0.317 e. The summed E-state index contributed by atoms with van der Waals surface area (Å²) < 4.78 is 0. The van der Waals surface area contributed by atoms with Crippen molar-refractivity contribution >= 4 is 6.03 Å². The van der Waals surface area contributed by atoms with Crippen molar-refractivity contribution in [2.45, 2.75) is 37.8 Å². The van der Waals surface area contributed by atoms with Crippen molar-refractivity contribution in [2.24, 2.45) is 5.92 Å². The van der Waals surface area contributed by atoms with E-state index >= 15 is 0 Å². The van der Waals surface area contributed by atoms with Crippen molar-refractivity contribution in [3.05, 3.63) is 35.9 Å². The summed E-state index contributed by atoms with van der Waals surface area (Å²) in [6.45, 7) is 5.97. The fourth-order valence-electron chi connectivity index (χ4n) is 4.90. The zero-order valence-corrected chi connectivity index (χ0v) is 13.2. The summed E-state index contributed by atoms with van der Waals surface area (Å²) in [6, 6.07) is 11.8. The van der Waals surface area contributed by atoms with Gasteiger partial charge >= 0.3 is 6.03 Å². The summed E-state index contributed by atoms with van der Waals surface area (Å²) in [5, 5.41) is 3.02. The van der Waals surface area contributed by atoms with Gasteiger partial charge in [-0.1, -0.05) is 30.3 Å². The fraction of sp³-hybridized carbons (Fsp3) is 0.611. The Kier molecular flexibility index (Phi) is 3.57. The van der Waals surface area contributed by atoms with E-state index in [4.69, 9.17) is 0 Å². The van der Waals surface area contributed by atoms with Crippen LogP contribution in [0.2, 0.25) is 0 Å². The van der Waals surface area contributed by atoms with Crippen LogP contribution in [0.5, 0.6) is 0 Å². The zero-order valence-electron chi connectivity index (χ0n) is 13.2. The molecule has 118 valence electrons. The van der Waals surface area contributed by atoms with Crippen LogP contribution in [0.15, 0.2) is 30.3 Å². The Morgan fingerprint density at radius 2 is 1.91 bits per heavy atom. The SMILES string of the molecule is CCNC(=O)N1C[C@@H](c2ccccc2)[C@@H]2[C@H]1C1CCN2CC1. The smallest absolute Gasteiger partial charge is 0.317 e. The van der Waals surface area contributed by atoms with Gasteiger partial charge in [0.2, 0.25) is 0 Å². The molecule has 2 bridgehead atoms. The van der Waals surface area contributed by atoms with Crippen LogP contribution >= 0.6 is 0 Å².